The summed E-state index contributed by atoms with van der Waals surface area (Å²) in [6, 6.07) is 24.9. The number of aromatic nitrogens is 3. The molecule has 1 fully saturated rings. The van der Waals surface area contributed by atoms with Crippen LogP contribution in [0.2, 0.25) is 0 Å². The van der Waals surface area contributed by atoms with Gasteiger partial charge >= 0.3 is 0 Å². The van der Waals surface area contributed by atoms with Crippen molar-refractivity contribution < 1.29 is 19.1 Å². The molecule has 2 amide bonds. The first kappa shape index (κ1) is 29.2. The van der Waals surface area contributed by atoms with Crippen LogP contribution in [0.1, 0.15) is 30.1 Å². The number of piperazine rings is 1. The molecule has 1 aromatic heterocycles. The Balaban J connectivity index is 1.18. The number of nitrogens with zero attached hydrogens (tertiary/aromatic N) is 5. The van der Waals surface area contributed by atoms with E-state index in [9.17, 15) is 9.59 Å². The fraction of sp³-hybridized carbons (Fsp3) is 0.312. The number of para-hydroxylation sites is 1. The number of benzene rings is 3. The molecule has 1 atom stereocenters. The van der Waals surface area contributed by atoms with Crippen molar-refractivity contribution in [3.8, 4) is 28.6 Å². The molecule has 0 aliphatic carbocycles. The highest BCUT2D eigenvalue weighted by Crippen LogP contribution is 2.29. The van der Waals surface area contributed by atoms with Crippen LogP contribution in [0.3, 0.4) is 0 Å². The maximum absolute atomic E-state index is 13.2. The van der Waals surface area contributed by atoms with Crippen LogP contribution in [0.25, 0.3) is 17.1 Å². The van der Waals surface area contributed by atoms with E-state index in [2.05, 4.69) is 10.2 Å². The molecule has 0 bridgehead atoms. The summed E-state index contributed by atoms with van der Waals surface area (Å²) in [5, 5.41) is 9.76. The lowest BCUT2D eigenvalue weighted by atomic mass is 10.1. The molecule has 42 heavy (non-hydrogen) atoms. The van der Waals surface area contributed by atoms with Crippen molar-refractivity contribution in [1.29, 1.82) is 0 Å². The summed E-state index contributed by atoms with van der Waals surface area (Å²) < 4.78 is 12.7. The van der Waals surface area contributed by atoms with Crippen LogP contribution in [-0.2, 0) is 4.79 Å². The van der Waals surface area contributed by atoms with E-state index < -0.39 is 0 Å². The average molecular weight is 586 g/mol. The summed E-state index contributed by atoms with van der Waals surface area (Å²) >= 11 is 1.58. The molecule has 3 aromatic carbocycles. The topological polar surface area (TPSA) is 89.8 Å². The Bertz CT molecular complexity index is 1510. The molecule has 0 N–H and O–H groups in total. The predicted octanol–water partition coefficient (Wildman–Crippen LogP) is 5.20. The number of hydrogen-bond donors (Lipinski definition) is 0. The van der Waals surface area contributed by atoms with Gasteiger partial charge in [0.25, 0.3) is 5.91 Å². The first-order valence-corrected chi connectivity index (χ1v) is 15.0. The Morgan fingerprint density at radius 1 is 0.905 bits per heavy atom. The van der Waals surface area contributed by atoms with Crippen LogP contribution in [0.15, 0.2) is 84.0 Å². The van der Waals surface area contributed by atoms with E-state index in [1.807, 2.05) is 88.0 Å². The Kier molecular flexibility index (Phi) is 9.43. The van der Waals surface area contributed by atoms with Gasteiger partial charge in [-0.3, -0.25) is 14.2 Å². The van der Waals surface area contributed by atoms with Crippen LogP contribution in [-0.4, -0.2) is 82.0 Å². The van der Waals surface area contributed by atoms with Crippen LogP contribution in [0.5, 0.6) is 11.5 Å². The second kappa shape index (κ2) is 13.6. The number of thioether (sulfide) groups is 1. The predicted molar refractivity (Wildman–Crippen MR) is 163 cm³/mol. The molecule has 218 valence electrons. The number of amides is 2. The molecule has 10 heteroatoms. The SMILES string of the molecule is COc1ccc(-n2c(SCCCC(=O)N3CCN(C(=O)c4ccccc4OC)C(C)C3)nnc2-c2ccccc2)cc1. The largest absolute Gasteiger partial charge is 0.497 e. The quantitative estimate of drug-likeness (QED) is 0.187. The van der Waals surface area contributed by atoms with Gasteiger partial charge in [0.1, 0.15) is 11.5 Å². The molecule has 5 rings (SSSR count). The number of carbonyl (C=O) groups is 2. The summed E-state index contributed by atoms with van der Waals surface area (Å²) in [5.41, 5.74) is 2.45. The Hall–Kier alpha value is -4.31. The van der Waals surface area contributed by atoms with E-state index in [0.29, 0.717) is 43.8 Å². The molecule has 1 aliphatic heterocycles. The van der Waals surface area contributed by atoms with Crippen LogP contribution < -0.4 is 9.47 Å². The van der Waals surface area contributed by atoms with Gasteiger partial charge in [0.2, 0.25) is 5.91 Å². The number of ether oxygens (including phenoxy) is 2. The molecule has 1 saturated heterocycles. The molecule has 2 heterocycles. The highest BCUT2D eigenvalue weighted by Gasteiger charge is 2.31. The molecular weight excluding hydrogens is 550 g/mol. The van der Waals surface area contributed by atoms with Gasteiger partial charge in [-0.05, 0) is 49.7 Å². The molecular formula is C32H35N5O4S. The summed E-state index contributed by atoms with van der Waals surface area (Å²) in [4.78, 5) is 30.0. The standard InChI is InChI=1S/C32H35N5O4S/c1-23-22-35(19-20-36(23)31(39)27-12-7-8-13-28(27)41-3)29(38)14-9-21-42-32-34-33-30(24-10-5-4-6-11-24)37(32)25-15-17-26(40-2)18-16-25/h4-8,10-13,15-18,23H,9,14,19-22H2,1-3H3. The van der Waals surface area contributed by atoms with E-state index in [-0.39, 0.29) is 17.9 Å². The van der Waals surface area contributed by atoms with E-state index >= 15 is 0 Å². The molecule has 9 nitrogen and oxygen atoms in total. The molecule has 4 aromatic rings. The van der Waals surface area contributed by atoms with Crippen LogP contribution >= 0.6 is 11.8 Å². The number of methoxy groups -OCH3 is 2. The van der Waals surface area contributed by atoms with Gasteiger partial charge < -0.3 is 19.3 Å². The molecule has 0 radical (unpaired) electrons. The molecule has 1 unspecified atom stereocenters. The lowest BCUT2D eigenvalue weighted by Gasteiger charge is -2.40. The van der Waals surface area contributed by atoms with Gasteiger partial charge in [-0.2, -0.15) is 0 Å². The third-order valence-electron chi connectivity index (χ3n) is 7.34. The second-order valence-corrected chi connectivity index (χ2v) is 11.1. The molecule has 1 aliphatic rings. The lowest BCUT2D eigenvalue weighted by molar-refractivity contribution is -0.133. The molecule has 0 saturated carbocycles. The number of hydrogen-bond acceptors (Lipinski definition) is 7. The van der Waals surface area contributed by atoms with Crippen molar-refractivity contribution in [2.75, 3.05) is 39.6 Å². The normalized spacial score (nSPS) is 15.0. The van der Waals surface area contributed by atoms with Crippen molar-refractivity contribution >= 4 is 23.6 Å². The highest BCUT2D eigenvalue weighted by molar-refractivity contribution is 7.99. The minimum absolute atomic E-state index is 0.0701. The first-order chi connectivity index (χ1) is 20.5. The highest BCUT2D eigenvalue weighted by atomic mass is 32.2. The zero-order valence-electron chi connectivity index (χ0n) is 24.1. The Morgan fingerprint density at radius 2 is 1.64 bits per heavy atom. The zero-order chi connectivity index (χ0) is 29.5. The summed E-state index contributed by atoms with van der Waals surface area (Å²) in [6.45, 7) is 3.51. The van der Waals surface area contributed by atoms with E-state index in [4.69, 9.17) is 9.47 Å². The summed E-state index contributed by atoms with van der Waals surface area (Å²) in [6.07, 6.45) is 1.14. The van der Waals surface area contributed by atoms with Crippen molar-refractivity contribution in [3.63, 3.8) is 0 Å². The van der Waals surface area contributed by atoms with Gasteiger partial charge in [0, 0.05) is 49.1 Å². The first-order valence-electron chi connectivity index (χ1n) is 14.0. The smallest absolute Gasteiger partial charge is 0.257 e. The average Bonchev–Trinajstić information content (AvgIpc) is 3.47. The lowest BCUT2D eigenvalue weighted by Crippen LogP contribution is -2.55. The van der Waals surface area contributed by atoms with Gasteiger partial charge in [-0.1, -0.05) is 54.2 Å². The fourth-order valence-electron chi connectivity index (χ4n) is 5.11. The van der Waals surface area contributed by atoms with Crippen molar-refractivity contribution in [2.24, 2.45) is 0 Å². The second-order valence-electron chi connectivity index (χ2n) is 10.0. The minimum Gasteiger partial charge on any atom is -0.497 e. The Labute approximate surface area is 250 Å². The third-order valence-corrected chi connectivity index (χ3v) is 8.36. The molecule has 0 spiro atoms. The third kappa shape index (κ3) is 6.44. The minimum atomic E-state index is -0.0889. The van der Waals surface area contributed by atoms with Gasteiger partial charge in [0.15, 0.2) is 11.0 Å². The fourth-order valence-corrected chi connectivity index (χ4v) is 6.00. The zero-order valence-corrected chi connectivity index (χ0v) is 24.9. The summed E-state index contributed by atoms with van der Waals surface area (Å²) in [7, 11) is 3.21. The number of rotatable bonds is 10. The van der Waals surface area contributed by atoms with E-state index in [0.717, 1.165) is 33.7 Å². The van der Waals surface area contributed by atoms with Crippen molar-refractivity contribution in [2.45, 2.75) is 31.0 Å². The van der Waals surface area contributed by atoms with Crippen LogP contribution in [0.4, 0.5) is 0 Å². The van der Waals surface area contributed by atoms with Crippen molar-refractivity contribution in [3.05, 3.63) is 84.4 Å². The van der Waals surface area contributed by atoms with Crippen LogP contribution in [0, 0.1) is 0 Å². The van der Waals surface area contributed by atoms with Crippen molar-refractivity contribution in [1.82, 2.24) is 24.6 Å². The Morgan fingerprint density at radius 3 is 2.36 bits per heavy atom. The van der Waals surface area contributed by atoms with E-state index in [1.165, 1.54) is 0 Å². The monoisotopic (exact) mass is 585 g/mol. The van der Waals surface area contributed by atoms with E-state index in [1.54, 1.807) is 38.1 Å². The number of carbonyl (C=O) groups excluding carboxylic acids is 2. The van der Waals surface area contributed by atoms with Gasteiger partial charge in [-0.15, -0.1) is 10.2 Å². The van der Waals surface area contributed by atoms with Gasteiger partial charge in [0.05, 0.1) is 19.8 Å². The summed E-state index contributed by atoms with van der Waals surface area (Å²) in [5.74, 6) is 2.85. The maximum atomic E-state index is 13.2. The van der Waals surface area contributed by atoms with Gasteiger partial charge in [-0.25, -0.2) is 0 Å². The maximum Gasteiger partial charge on any atom is 0.257 e.